The van der Waals surface area contributed by atoms with Crippen molar-refractivity contribution in [2.24, 2.45) is 0 Å². The second-order valence-electron chi connectivity index (χ2n) is 7.22. The zero-order chi connectivity index (χ0) is 24.9. The molecule has 8 nitrogen and oxygen atoms in total. The Balaban J connectivity index is 1.51. The van der Waals surface area contributed by atoms with E-state index in [0.717, 1.165) is 26.8 Å². The van der Waals surface area contributed by atoms with Crippen LogP contribution in [0.1, 0.15) is 21.5 Å². The highest BCUT2D eigenvalue weighted by Gasteiger charge is 2.34. The number of hydrazine groups is 1. The van der Waals surface area contributed by atoms with Crippen molar-refractivity contribution >= 4 is 67.8 Å². The summed E-state index contributed by atoms with van der Waals surface area (Å²) < 4.78 is 6.91. The Bertz CT molecular complexity index is 1350. The standard InChI is InChI=1S/C24H16BrN3O5S2/c25-18-8-11-20(33-14-15-6-9-19(10-7-15)28(31)32)17(12-18)13-21-23(30)27(24(34)35-21)26-22(29)16-4-2-1-3-5-16/h1-13H,14H2,(H,26,29)/b21-13+. The molecule has 11 heteroatoms. The number of rotatable bonds is 7. The van der Waals surface area contributed by atoms with Crippen LogP contribution in [0.5, 0.6) is 5.75 Å². The predicted molar refractivity (Wildman–Crippen MR) is 140 cm³/mol. The second-order valence-corrected chi connectivity index (χ2v) is 9.81. The number of halogens is 1. The van der Waals surface area contributed by atoms with Gasteiger partial charge in [-0.25, -0.2) is 0 Å². The van der Waals surface area contributed by atoms with Gasteiger partial charge in [-0.2, -0.15) is 5.01 Å². The third-order valence-electron chi connectivity index (χ3n) is 4.84. The minimum atomic E-state index is -0.462. The van der Waals surface area contributed by atoms with E-state index < -0.39 is 16.7 Å². The zero-order valence-corrected chi connectivity index (χ0v) is 21.1. The van der Waals surface area contributed by atoms with Gasteiger partial charge in [-0.1, -0.05) is 45.9 Å². The molecule has 1 aliphatic heterocycles. The van der Waals surface area contributed by atoms with Crippen LogP contribution < -0.4 is 10.2 Å². The lowest BCUT2D eigenvalue weighted by Crippen LogP contribution is -2.44. The van der Waals surface area contributed by atoms with Crippen molar-refractivity contribution in [2.45, 2.75) is 6.61 Å². The Labute approximate surface area is 218 Å². The quantitative estimate of drug-likeness (QED) is 0.174. The SMILES string of the molecule is O=C(NN1C(=O)/C(=C\c2cc(Br)ccc2OCc2ccc([N+](=O)[O-])cc2)SC1=S)c1ccccc1. The number of nitro benzene ring substituents is 1. The third-order valence-corrected chi connectivity index (χ3v) is 6.64. The van der Waals surface area contributed by atoms with E-state index in [1.165, 1.54) is 12.1 Å². The van der Waals surface area contributed by atoms with Crippen molar-refractivity contribution < 1.29 is 19.2 Å². The predicted octanol–water partition coefficient (Wildman–Crippen LogP) is 5.48. The molecule has 1 aliphatic rings. The maximum Gasteiger partial charge on any atom is 0.285 e. The van der Waals surface area contributed by atoms with Crippen LogP contribution >= 0.6 is 39.9 Å². The molecular formula is C24H16BrN3O5S2. The number of carbonyl (C=O) groups is 2. The largest absolute Gasteiger partial charge is 0.488 e. The molecule has 0 radical (unpaired) electrons. The zero-order valence-electron chi connectivity index (χ0n) is 17.8. The first-order valence-electron chi connectivity index (χ1n) is 10.1. The molecule has 0 bridgehead atoms. The number of hydrogen-bond acceptors (Lipinski definition) is 7. The average Bonchev–Trinajstić information content (AvgIpc) is 3.11. The van der Waals surface area contributed by atoms with Crippen LogP contribution in [0, 0.1) is 10.1 Å². The van der Waals surface area contributed by atoms with E-state index in [1.54, 1.807) is 66.7 Å². The van der Waals surface area contributed by atoms with E-state index in [2.05, 4.69) is 21.4 Å². The highest BCUT2D eigenvalue weighted by Crippen LogP contribution is 2.34. The molecule has 4 rings (SSSR count). The number of nitro groups is 1. The molecule has 0 atom stereocenters. The lowest BCUT2D eigenvalue weighted by molar-refractivity contribution is -0.384. The van der Waals surface area contributed by atoms with Gasteiger partial charge >= 0.3 is 0 Å². The summed E-state index contributed by atoms with van der Waals surface area (Å²) in [7, 11) is 0. The van der Waals surface area contributed by atoms with Gasteiger partial charge in [0.1, 0.15) is 12.4 Å². The number of amides is 2. The average molecular weight is 570 g/mol. The molecule has 1 heterocycles. The van der Waals surface area contributed by atoms with Crippen molar-refractivity contribution in [3.63, 3.8) is 0 Å². The summed E-state index contributed by atoms with van der Waals surface area (Å²) in [6, 6.07) is 19.9. The van der Waals surface area contributed by atoms with E-state index in [4.69, 9.17) is 17.0 Å². The maximum atomic E-state index is 13.0. The Morgan fingerprint density at radius 1 is 1.14 bits per heavy atom. The first-order valence-corrected chi connectivity index (χ1v) is 12.1. The van der Waals surface area contributed by atoms with Crippen LogP contribution in [0.3, 0.4) is 0 Å². The van der Waals surface area contributed by atoms with Crippen LogP contribution in [0.2, 0.25) is 0 Å². The summed E-state index contributed by atoms with van der Waals surface area (Å²) in [5.41, 5.74) is 4.32. The number of thioether (sulfide) groups is 1. The number of carbonyl (C=O) groups excluding carboxylic acids is 2. The van der Waals surface area contributed by atoms with Gasteiger partial charge in [-0.15, -0.1) is 0 Å². The second kappa shape index (κ2) is 10.8. The van der Waals surface area contributed by atoms with Gasteiger partial charge in [0.15, 0.2) is 4.32 Å². The molecule has 2 amide bonds. The van der Waals surface area contributed by atoms with Gasteiger partial charge in [-0.05, 0) is 66.3 Å². The monoisotopic (exact) mass is 569 g/mol. The summed E-state index contributed by atoms with van der Waals surface area (Å²) in [4.78, 5) is 36.1. The van der Waals surface area contributed by atoms with Crippen molar-refractivity contribution in [1.82, 2.24) is 10.4 Å². The topological polar surface area (TPSA) is 102 Å². The lowest BCUT2D eigenvalue weighted by Gasteiger charge is -2.15. The van der Waals surface area contributed by atoms with Gasteiger partial charge < -0.3 is 4.74 Å². The highest BCUT2D eigenvalue weighted by atomic mass is 79.9. The normalized spacial score (nSPS) is 14.3. The summed E-state index contributed by atoms with van der Waals surface area (Å²) in [5, 5.41) is 11.9. The lowest BCUT2D eigenvalue weighted by atomic mass is 10.1. The van der Waals surface area contributed by atoms with E-state index in [1.807, 2.05) is 0 Å². The van der Waals surface area contributed by atoms with Crippen LogP contribution in [0.15, 0.2) is 82.2 Å². The molecule has 176 valence electrons. The number of nitrogens with zero attached hydrogens (tertiary/aromatic N) is 2. The van der Waals surface area contributed by atoms with Crippen molar-refractivity contribution in [3.8, 4) is 5.75 Å². The summed E-state index contributed by atoms with van der Waals surface area (Å²) in [6.45, 7) is 0.175. The highest BCUT2D eigenvalue weighted by molar-refractivity contribution is 9.10. The molecule has 3 aromatic carbocycles. The van der Waals surface area contributed by atoms with Crippen LogP contribution in [0.4, 0.5) is 5.69 Å². The van der Waals surface area contributed by atoms with Crippen LogP contribution in [0.25, 0.3) is 6.08 Å². The first kappa shape index (κ1) is 24.6. The van der Waals surface area contributed by atoms with E-state index in [0.29, 0.717) is 21.8 Å². The fraction of sp³-hybridized carbons (Fsp3) is 0.0417. The van der Waals surface area contributed by atoms with Crippen molar-refractivity contribution in [2.75, 3.05) is 0 Å². The minimum Gasteiger partial charge on any atom is -0.488 e. The molecule has 1 saturated heterocycles. The van der Waals surface area contributed by atoms with Gasteiger partial charge in [0.05, 0.1) is 9.83 Å². The van der Waals surface area contributed by atoms with Crippen molar-refractivity contribution in [3.05, 3.63) is 109 Å². The Morgan fingerprint density at radius 3 is 2.54 bits per heavy atom. The molecular weight excluding hydrogens is 554 g/mol. The summed E-state index contributed by atoms with van der Waals surface area (Å²) in [6.07, 6.45) is 1.64. The smallest absolute Gasteiger partial charge is 0.285 e. The summed E-state index contributed by atoms with van der Waals surface area (Å²) in [5.74, 6) is -0.395. The molecule has 0 unspecified atom stereocenters. The molecule has 0 aliphatic carbocycles. The maximum absolute atomic E-state index is 13.0. The number of thiocarbonyl (C=S) groups is 1. The molecule has 3 aromatic rings. The van der Waals surface area contributed by atoms with Crippen LogP contribution in [-0.2, 0) is 11.4 Å². The third kappa shape index (κ3) is 5.94. The van der Waals surface area contributed by atoms with Crippen LogP contribution in [-0.4, -0.2) is 26.1 Å². The number of non-ortho nitro benzene ring substituents is 1. The van der Waals surface area contributed by atoms with E-state index in [9.17, 15) is 19.7 Å². The fourth-order valence-corrected chi connectivity index (χ4v) is 4.65. The van der Waals surface area contributed by atoms with Gasteiger partial charge in [0.2, 0.25) is 0 Å². The number of ether oxygens (including phenoxy) is 1. The van der Waals surface area contributed by atoms with Crippen molar-refractivity contribution in [1.29, 1.82) is 0 Å². The number of benzene rings is 3. The first-order chi connectivity index (χ1) is 16.8. The molecule has 1 fully saturated rings. The molecule has 0 saturated carbocycles. The molecule has 0 spiro atoms. The molecule has 1 N–H and O–H groups in total. The van der Waals surface area contributed by atoms with Gasteiger partial charge in [0, 0.05) is 27.7 Å². The summed E-state index contributed by atoms with van der Waals surface area (Å²) >= 11 is 9.80. The number of hydrogen-bond donors (Lipinski definition) is 1. The molecule has 35 heavy (non-hydrogen) atoms. The minimum absolute atomic E-state index is 0.000497. The molecule has 0 aromatic heterocycles. The number of nitrogens with one attached hydrogen (secondary N) is 1. The van der Waals surface area contributed by atoms with Gasteiger partial charge in [0.25, 0.3) is 17.5 Å². The van der Waals surface area contributed by atoms with E-state index in [-0.39, 0.29) is 16.6 Å². The Kier molecular flexibility index (Phi) is 7.59. The fourth-order valence-electron chi connectivity index (χ4n) is 3.10. The van der Waals surface area contributed by atoms with E-state index >= 15 is 0 Å². The Morgan fingerprint density at radius 2 is 1.86 bits per heavy atom. The van der Waals surface area contributed by atoms with Gasteiger partial charge in [-0.3, -0.25) is 25.1 Å². The Hall–Kier alpha value is -3.54.